The lowest BCUT2D eigenvalue weighted by atomic mass is 10.1. The minimum atomic E-state index is 0. The number of nitrogens with zero attached hydrogens (tertiary/aromatic N) is 5. The molecular weight excluding hydrogens is 527 g/mol. The first-order valence-electron chi connectivity index (χ1n) is 12.2. The van der Waals surface area contributed by atoms with Crippen molar-refractivity contribution in [2.75, 3.05) is 23.7 Å². The van der Waals surface area contributed by atoms with Crippen LogP contribution in [-0.2, 0) is 12.8 Å². The molecule has 200 valence electrons. The Kier molecular flexibility index (Phi) is 9.71. The van der Waals surface area contributed by atoms with E-state index in [1.807, 2.05) is 23.6 Å². The van der Waals surface area contributed by atoms with E-state index in [1.165, 1.54) is 16.7 Å². The molecule has 8 nitrogen and oxygen atoms in total. The molecule has 6 aromatic rings. The predicted octanol–water partition coefficient (Wildman–Crippen LogP) is 6.74. The second kappa shape index (κ2) is 13.6. The van der Waals surface area contributed by atoms with Gasteiger partial charge in [-0.2, -0.15) is 0 Å². The van der Waals surface area contributed by atoms with Gasteiger partial charge in [0, 0.05) is 13.1 Å². The van der Waals surface area contributed by atoms with Crippen LogP contribution in [0, 0.1) is 6.92 Å². The van der Waals surface area contributed by atoms with Crippen LogP contribution < -0.4 is 10.6 Å². The maximum Gasteiger partial charge on any atom is 0.175 e. The molecule has 4 aromatic heterocycles. The van der Waals surface area contributed by atoms with Gasteiger partial charge in [0.25, 0.3) is 0 Å². The lowest BCUT2D eigenvalue weighted by Gasteiger charge is -2.06. The molecule has 0 atom stereocenters. The Labute approximate surface area is 235 Å². The molecule has 0 saturated carbocycles. The molecule has 2 aromatic carbocycles. The highest BCUT2D eigenvalue weighted by Crippen LogP contribution is 2.25. The maximum absolute atomic E-state index is 9.22. The Balaban J connectivity index is 0.000000176. The summed E-state index contributed by atoms with van der Waals surface area (Å²) in [6, 6.07) is 17.9. The van der Waals surface area contributed by atoms with E-state index in [-0.39, 0.29) is 7.43 Å². The summed E-state index contributed by atoms with van der Waals surface area (Å²) in [6.45, 7) is 3.76. The number of thiophene rings is 1. The van der Waals surface area contributed by atoms with Crippen molar-refractivity contribution in [2.45, 2.75) is 27.2 Å². The molecular formula is C29H31N7OS2. The molecule has 3 N–H and O–H groups in total. The fraction of sp³-hybridized carbons (Fsp3) is 0.207. The van der Waals surface area contributed by atoms with Crippen LogP contribution in [0.15, 0.2) is 78.1 Å². The van der Waals surface area contributed by atoms with Crippen molar-refractivity contribution in [3.63, 3.8) is 0 Å². The zero-order chi connectivity index (χ0) is 26.2. The van der Waals surface area contributed by atoms with Gasteiger partial charge in [-0.3, -0.25) is 0 Å². The highest BCUT2D eigenvalue weighted by atomic mass is 32.1. The van der Waals surface area contributed by atoms with Crippen LogP contribution in [0.4, 0.5) is 11.6 Å². The Morgan fingerprint density at radius 2 is 1.31 bits per heavy atom. The number of aryl methyl sites for hydroxylation is 1. The lowest BCUT2D eigenvalue weighted by Crippen LogP contribution is -2.06. The first kappa shape index (κ1) is 27.9. The summed E-state index contributed by atoms with van der Waals surface area (Å²) in [4.78, 5) is 21.1. The van der Waals surface area contributed by atoms with Gasteiger partial charge in [-0.25, -0.2) is 24.9 Å². The van der Waals surface area contributed by atoms with Gasteiger partial charge in [-0.05, 0) is 54.5 Å². The van der Waals surface area contributed by atoms with E-state index in [2.05, 4.69) is 66.7 Å². The monoisotopic (exact) mass is 557 g/mol. The minimum Gasteiger partial charge on any atom is -0.508 e. The molecule has 0 unspecified atom stereocenters. The number of hydrogen-bond acceptors (Lipinski definition) is 10. The number of nitrogens with one attached hydrogen (secondary N) is 2. The van der Waals surface area contributed by atoms with Crippen LogP contribution in [-0.4, -0.2) is 43.1 Å². The molecule has 0 saturated heterocycles. The smallest absolute Gasteiger partial charge is 0.175 e. The number of rotatable bonds is 8. The summed E-state index contributed by atoms with van der Waals surface area (Å²) in [7, 11) is 0. The number of anilines is 2. The number of phenolic OH excluding ortho intramolecular Hbond substituents is 1. The Hall–Kier alpha value is -4.15. The van der Waals surface area contributed by atoms with E-state index in [0.29, 0.717) is 5.75 Å². The number of fused-ring (bicyclic) bond motifs is 2. The fourth-order valence-electron chi connectivity index (χ4n) is 3.80. The fourth-order valence-corrected chi connectivity index (χ4v) is 5.32. The van der Waals surface area contributed by atoms with E-state index in [1.54, 1.807) is 53.0 Å². The number of phenols is 1. The molecule has 0 radical (unpaired) electrons. The summed E-state index contributed by atoms with van der Waals surface area (Å²) >= 11 is 3.21. The summed E-state index contributed by atoms with van der Waals surface area (Å²) < 4.78 is 2.11. The van der Waals surface area contributed by atoms with Gasteiger partial charge >= 0.3 is 0 Å². The second-order valence-electron chi connectivity index (χ2n) is 8.59. The zero-order valence-corrected chi connectivity index (χ0v) is 22.5. The van der Waals surface area contributed by atoms with E-state index in [0.717, 1.165) is 58.1 Å². The molecule has 6 rings (SSSR count). The van der Waals surface area contributed by atoms with E-state index in [9.17, 15) is 5.11 Å². The van der Waals surface area contributed by atoms with Crippen molar-refractivity contribution in [1.82, 2.24) is 24.9 Å². The molecule has 10 heteroatoms. The van der Waals surface area contributed by atoms with Crippen LogP contribution in [0.5, 0.6) is 5.75 Å². The van der Waals surface area contributed by atoms with Gasteiger partial charge in [0.05, 0.1) is 15.7 Å². The number of hydrogen-bond donors (Lipinski definition) is 3. The van der Waals surface area contributed by atoms with Crippen molar-refractivity contribution in [1.29, 1.82) is 0 Å². The number of thiazole rings is 1. The number of aromatic nitrogens is 5. The summed E-state index contributed by atoms with van der Waals surface area (Å²) in [5.41, 5.74) is 7.34. The van der Waals surface area contributed by atoms with Gasteiger partial charge in [-0.1, -0.05) is 49.4 Å². The summed E-state index contributed by atoms with van der Waals surface area (Å²) in [5.74, 6) is 2.06. The third-order valence-corrected chi connectivity index (χ3v) is 7.58. The molecule has 0 aliphatic carbocycles. The predicted molar refractivity (Wildman–Crippen MR) is 163 cm³/mol. The second-order valence-corrected chi connectivity index (χ2v) is 10.4. The van der Waals surface area contributed by atoms with Crippen molar-refractivity contribution in [3.8, 4) is 5.75 Å². The molecule has 0 aliphatic heterocycles. The van der Waals surface area contributed by atoms with Gasteiger partial charge < -0.3 is 15.7 Å². The van der Waals surface area contributed by atoms with Gasteiger partial charge in [0.2, 0.25) is 0 Å². The number of benzene rings is 2. The maximum atomic E-state index is 9.22. The average molecular weight is 558 g/mol. The SMILES string of the molecule is C.Cc1ccc(CCNc2ncnc3ncsc23)cc1.Oc1ccc(CCNc2ncnc3ccsc23)cc1. The molecule has 0 amide bonds. The van der Waals surface area contributed by atoms with Gasteiger partial charge in [-0.15, -0.1) is 22.7 Å². The molecule has 0 spiro atoms. The largest absolute Gasteiger partial charge is 0.508 e. The normalized spacial score (nSPS) is 10.5. The van der Waals surface area contributed by atoms with E-state index in [4.69, 9.17) is 0 Å². The van der Waals surface area contributed by atoms with Crippen LogP contribution in [0.2, 0.25) is 0 Å². The third-order valence-electron chi connectivity index (χ3n) is 5.84. The molecule has 0 aliphatic rings. The third kappa shape index (κ3) is 7.46. The van der Waals surface area contributed by atoms with Gasteiger partial charge in [0.1, 0.15) is 34.7 Å². The quantitative estimate of drug-likeness (QED) is 0.189. The van der Waals surface area contributed by atoms with E-state index < -0.39 is 0 Å². The Bertz CT molecular complexity index is 1480. The number of aromatic hydroxyl groups is 1. The molecule has 4 heterocycles. The summed E-state index contributed by atoms with van der Waals surface area (Å²) in [6.07, 6.45) is 5.00. The Morgan fingerprint density at radius 3 is 2.00 bits per heavy atom. The minimum absolute atomic E-state index is 0. The van der Waals surface area contributed by atoms with Crippen molar-refractivity contribution in [2.24, 2.45) is 0 Å². The molecule has 0 bridgehead atoms. The van der Waals surface area contributed by atoms with Crippen molar-refractivity contribution < 1.29 is 5.11 Å². The van der Waals surface area contributed by atoms with Gasteiger partial charge in [0.15, 0.2) is 5.65 Å². The Morgan fingerprint density at radius 1 is 0.692 bits per heavy atom. The van der Waals surface area contributed by atoms with E-state index >= 15 is 0 Å². The van der Waals surface area contributed by atoms with Crippen LogP contribution in [0.1, 0.15) is 24.1 Å². The van der Waals surface area contributed by atoms with Crippen molar-refractivity contribution in [3.05, 3.63) is 94.8 Å². The first-order valence-corrected chi connectivity index (χ1v) is 14.0. The van der Waals surface area contributed by atoms with Crippen LogP contribution >= 0.6 is 22.7 Å². The zero-order valence-electron chi connectivity index (χ0n) is 20.8. The molecule has 39 heavy (non-hydrogen) atoms. The highest BCUT2D eigenvalue weighted by Gasteiger charge is 2.06. The van der Waals surface area contributed by atoms with Crippen LogP contribution in [0.25, 0.3) is 20.6 Å². The molecule has 0 fully saturated rings. The average Bonchev–Trinajstić information content (AvgIpc) is 3.62. The first-order chi connectivity index (χ1) is 18.7. The van der Waals surface area contributed by atoms with Crippen LogP contribution in [0.3, 0.4) is 0 Å². The summed E-state index contributed by atoms with van der Waals surface area (Å²) in [5, 5.41) is 17.9. The lowest BCUT2D eigenvalue weighted by molar-refractivity contribution is 0.475. The van der Waals surface area contributed by atoms with Crippen molar-refractivity contribution >= 4 is 54.9 Å². The topological polar surface area (TPSA) is 109 Å². The highest BCUT2D eigenvalue weighted by molar-refractivity contribution is 7.17. The standard InChI is InChI=1S/C14H14N4S.C14H13N3OS.CH4/c1-10-2-4-11(5-3-10)6-7-15-13-12-14(17-8-16-13)18-9-19-12;18-11-3-1-10(2-4-11)5-7-15-14-13-12(6-8-19-13)16-9-17-14;/h2-5,8-9H,6-7H2,1H3,(H,15,16,17);1-4,6,8-9,18H,5,7H2,(H,15,16,17);1H4.